The van der Waals surface area contributed by atoms with Crippen molar-refractivity contribution in [2.24, 2.45) is 10.9 Å². The fourth-order valence-electron chi connectivity index (χ4n) is 0.947. The highest BCUT2D eigenvalue weighted by atomic mass is 19.1. The van der Waals surface area contributed by atoms with Crippen LogP contribution in [0.5, 0.6) is 0 Å². The average molecular weight is 159 g/mol. The number of hydrogen-bond donors (Lipinski definition) is 0. The van der Waals surface area contributed by atoms with Crippen molar-refractivity contribution in [1.29, 1.82) is 0 Å². The molecule has 1 unspecified atom stereocenters. The lowest BCUT2D eigenvalue weighted by atomic mass is 10.1. The number of rotatable bonds is 6. The van der Waals surface area contributed by atoms with Gasteiger partial charge in [-0.1, -0.05) is 26.7 Å². The van der Waals surface area contributed by atoms with Crippen LogP contribution in [0, 0.1) is 5.92 Å². The van der Waals surface area contributed by atoms with Gasteiger partial charge >= 0.3 is 0 Å². The largest absolute Gasteiger partial charge is 0.295 e. The van der Waals surface area contributed by atoms with Gasteiger partial charge in [-0.25, -0.2) is 4.39 Å². The highest BCUT2D eigenvalue weighted by Crippen LogP contribution is 2.06. The average Bonchev–Trinajstić information content (AvgIpc) is 2.01. The van der Waals surface area contributed by atoms with E-state index in [9.17, 15) is 4.39 Å². The molecule has 0 radical (unpaired) electrons. The monoisotopic (exact) mass is 159 g/mol. The fraction of sp³-hybridized carbons (Fsp3) is 0.889. The zero-order valence-corrected chi connectivity index (χ0v) is 7.52. The third-order valence-electron chi connectivity index (χ3n) is 1.67. The zero-order chi connectivity index (χ0) is 8.53. The van der Waals surface area contributed by atoms with Gasteiger partial charge in [-0.05, 0) is 12.3 Å². The van der Waals surface area contributed by atoms with Crippen LogP contribution < -0.4 is 0 Å². The minimum atomic E-state index is -0.430. The van der Waals surface area contributed by atoms with E-state index in [1.807, 2.05) is 0 Å². The molecule has 11 heavy (non-hydrogen) atoms. The number of halogens is 1. The number of nitrogens with zero attached hydrogens (tertiary/aromatic N) is 1. The molecular weight excluding hydrogens is 141 g/mol. The molecule has 0 spiro atoms. The third-order valence-corrected chi connectivity index (χ3v) is 1.67. The van der Waals surface area contributed by atoms with Crippen LogP contribution in [0.2, 0.25) is 0 Å². The van der Waals surface area contributed by atoms with Crippen molar-refractivity contribution >= 4 is 6.21 Å². The highest BCUT2D eigenvalue weighted by molar-refractivity contribution is 5.58. The van der Waals surface area contributed by atoms with Gasteiger partial charge in [-0.2, -0.15) is 0 Å². The molecule has 0 heterocycles. The first-order valence-corrected chi connectivity index (χ1v) is 4.35. The topological polar surface area (TPSA) is 12.4 Å². The van der Waals surface area contributed by atoms with Crippen LogP contribution in [0.15, 0.2) is 4.99 Å². The van der Waals surface area contributed by atoms with E-state index in [0.29, 0.717) is 5.92 Å². The van der Waals surface area contributed by atoms with Gasteiger partial charge in [0, 0.05) is 12.8 Å². The molecule has 0 aromatic heterocycles. The van der Waals surface area contributed by atoms with Crippen LogP contribution in [0.25, 0.3) is 0 Å². The van der Waals surface area contributed by atoms with E-state index < -0.39 is 6.67 Å². The van der Waals surface area contributed by atoms with E-state index in [1.54, 1.807) is 0 Å². The van der Waals surface area contributed by atoms with Crippen molar-refractivity contribution in [2.45, 2.75) is 33.1 Å². The lowest BCUT2D eigenvalue weighted by molar-refractivity contribution is 0.515. The normalized spacial score (nSPS) is 14.1. The minimum Gasteiger partial charge on any atom is -0.295 e. The molecule has 0 amide bonds. The summed E-state index contributed by atoms with van der Waals surface area (Å²) in [7, 11) is 0. The van der Waals surface area contributed by atoms with Gasteiger partial charge in [0.15, 0.2) is 0 Å². The first-order valence-electron chi connectivity index (χ1n) is 4.35. The Labute approximate surface area is 68.7 Å². The molecule has 0 fully saturated rings. The van der Waals surface area contributed by atoms with E-state index in [1.165, 1.54) is 25.5 Å². The van der Waals surface area contributed by atoms with Gasteiger partial charge in [0.05, 0.1) is 0 Å². The predicted octanol–water partition coefficient (Wildman–Crippen LogP) is 2.85. The molecule has 0 aliphatic heterocycles. The van der Waals surface area contributed by atoms with Gasteiger partial charge in [0.2, 0.25) is 0 Å². The standard InChI is InChI=1S/C9H18FN/c1-3-4-5-9(2)8-11-7-6-10/h7,9H,3-6,8H2,1-2H3/b11-7+. The Bertz CT molecular complexity index is 102. The Balaban J connectivity index is 3.21. The van der Waals surface area contributed by atoms with Gasteiger partial charge in [-0.3, -0.25) is 4.99 Å². The molecule has 0 bridgehead atoms. The second kappa shape index (κ2) is 7.70. The third kappa shape index (κ3) is 7.50. The van der Waals surface area contributed by atoms with Gasteiger partial charge < -0.3 is 0 Å². The molecule has 1 atom stereocenters. The minimum absolute atomic E-state index is 0.430. The molecule has 1 nitrogen and oxygen atoms in total. The van der Waals surface area contributed by atoms with E-state index in [2.05, 4.69) is 18.8 Å². The summed E-state index contributed by atoms with van der Waals surface area (Å²) in [5.74, 6) is 0.609. The van der Waals surface area contributed by atoms with E-state index >= 15 is 0 Å². The van der Waals surface area contributed by atoms with Crippen molar-refractivity contribution in [3.8, 4) is 0 Å². The second-order valence-electron chi connectivity index (χ2n) is 2.95. The smallest absolute Gasteiger partial charge is 0.124 e. The van der Waals surface area contributed by atoms with Crippen molar-refractivity contribution in [1.82, 2.24) is 0 Å². The predicted molar refractivity (Wildman–Crippen MR) is 48.0 cm³/mol. The Hall–Kier alpha value is -0.400. The van der Waals surface area contributed by atoms with Crippen LogP contribution in [-0.4, -0.2) is 19.4 Å². The van der Waals surface area contributed by atoms with Crippen molar-refractivity contribution < 1.29 is 4.39 Å². The summed E-state index contributed by atoms with van der Waals surface area (Å²) in [5, 5.41) is 0. The summed E-state index contributed by atoms with van der Waals surface area (Å²) in [6.07, 6.45) is 5.05. The summed E-state index contributed by atoms with van der Waals surface area (Å²) in [6, 6.07) is 0. The van der Waals surface area contributed by atoms with Crippen LogP contribution in [0.1, 0.15) is 33.1 Å². The number of hydrogen-bond acceptors (Lipinski definition) is 1. The Morgan fingerprint density at radius 2 is 2.27 bits per heavy atom. The lowest BCUT2D eigenvalue weighted by Gasteiger charge is -2.05. The maximum atomic E-state index is 11.5. The van der Waals surface area contributed by atoms with E-state index in [-0.39, 0.29) is 0 Å². The highest BCUT2D eigenvalue weighted by Gasteiger charge is 1.97. The fourth-order valence-corrected chi connectivity index (χ4v) is 0.947. The summed E-state index contributed by atoms with van der Waals surface area (Å²) in [4.78, 5) is 3.94. The first-order chi connectivity index (χ1) is 5.31. The molecule has 0 aromatic rings. The van der Waals surface area contributed by atoms with Crippen molar-refractivity contribution in [3.63, 3.8) is 0 Å². The van der Waals surface area contributed by atoms with Crippen molar-refractivity contribution in [3.05, 3.63) is 0 Å². The SMILES string of the molecule is CCCCC(C)C/N=C/CF. The van der Waals surface area contributed by atoms with Crippen molar-refractivity contribution in [2.75, 3.05) is 13.2 Å². The molecule has 2 heteroatoms. The van der Waals surface area contributed by atoms with E-state index in [4.69, 9.17) is 0 Å². The molecule has 0 saturated heterocycles. The molecule has 0 aliphatic rings. The summed E-state index contributed by atoms with van der Waals surface area (Å²) < 4.78 is 11.5. The Kier molecular flexibility index (Phi) is 7.42. The van der Waals surface area contributed by atoms with Gasteiger partial charge in [0.25, 0.3) is 0 Å². The quantitative estimate of drug-likeness (QED) is 0.528. The number of alkyl halides is 1. The van der Waals surface area contributed by atoms with Gasteiger partial charge in [0.1, 0.15) is 6.67 Å². The van der Waals surface area contributed by atoms with Crippen LogP contribution in [-0.2, 0) is 0 Å². The van der Waals surface area contributed by atoms with E-state index in [0.717, 1.165) is 6.54 Å². The lowest BCUT2D eigenvalue weighted by Crippen LogP contribution is -1.99. The number of unbranched alkanes of at least 4 members (excludes halogenated alkanes) is 1. The molecule has 0 N–H and O–H groups in total. The first kappa shape index (κ1) is 10.6. The Morgan fingerprint density at radius 1 is 1.55 bits per heavy atom. The number of aliphatic imine (C=N–C) groups is 1. The molecular formula is C9H18FN. The molecule has 0 aromatic carbocycles. The van der Waals surface area contributed by atoms with Crippen LogP contribution in [0.3, 0.4) is 0 Å². The molecule has 0 saturated carbocycles. The Morgan fingerprint density at radius 3 is 2.82 bits per heavy atom. The molecule has 0 aliphatic carbocycles. The summed E-state index contributed by atoms with van der Waals surface area (Å²) >= 11 is 0. The van der Waals surface area contributed by atoms with Crippen LogP contribution >= 0.6 is 0 Å². The molecule has 66 valence electrons. The zero-order valence-electron chi connectivity index (χ0n) is 7.52. The van der Waals surface area contributed by atoms with Crippen LogP contribution in [0.4, 0.5) is 4.39 Å². The summed E-state index contributed by atoms with van der Waals surface area (Å²) in [6.45, 7) is 4.69. The molecule has 0 rings (SSSR count). The van der Waals surface area contributed by atoms with Gasteiger partial charge in [-0.15, -0.1) is 0 Å². The maximum Gasteiger partial charge on any atom is 0.124 e. The maximum absolute atomic E-state index is 11.5. The second-order valence-corrected chi connectivity index (χ2v) is 2.95. The summed E-state index contributed by atoms with van der Waals surface area (Å²) in [5.41, 5.74) is 0.